The lowest BCUT2D eigenvalue weighted by molar-refractivity contribution is -0.127. The molecule has 116 valence electrons. The summed E-state index contributed by atoms with van der Waals surface area (Å²) in [5.41, 5.74) is 0.789. The fourth-order valence-corrected chi connectivity index (χ4v) is 1.77. The van der Waals surface area contributed by atoms with Crippen LogP contribution in [0, 0.1) is 5.82 Å². The minimum absolute atomic E-state index is 0.259. The topological polar surface area (TPSA) is 50.4 Å². The van der Waals surface area contributed by atoms with Gasteiger partial charge in [0.25, 0.3) is 5.91 Å². The third-order valence-electron chi connectivity index (χ3n) is 2.79. The first-order chi connectivity index (χ1) is 10.1. The molecule has 0 spiro atoms. The van der Waals surface area contributed by atoms with Gasteiger partial charge in [0.05, 0.1) is 0 Å². The number of carbonyl (C=O) groups is 1. The second-order valence-corrected chi connectivity index (χ2v) is 4.77. The monoisotopic (exact) mass is 294 g/mol. The van der Waals surface area contributed by atoms with E-state index in [1.165, 1.54) is 12.1 Å². The van der Waals surface area contributed by atoms with E-state index in [0.717, 1.165) is 18.5 Å². The molecule has 1 aromatic rings. The molecule has 0 saturated carbocycles. The van der Waals surface area contributed by atoms with Crippen molar-refractivity contribution in [3.63, 3.8) is 0 Å². The Labute approximate surface area is 125 Å². The standard InChI is InChI=1S/C16H23FN2O2/c1-4-6-18-11-13-8-14(17)10-15(9-13)21-12(3)16(20)19-7-5-2/h5,8-10,12,18H,2,4,6-7,11H2,1,3H3,(H,19,20). The Hall–Kier alpha value is -1.88. The summed E-state index contributed by atoms with van der Waals surface area (Å²) in [6, 6.07) is 4.47. The van der Waals surface area contributed by atoms with E-state index >= 15 is 0 Å². The molecule has 0 aromatic heterocycles. The number of carbonyl (C=O) groups excluding carboxylic acids is 1. The largest absolute Gasteiger partial charge is 0.481 e. The van der Waals surface area contributed by atoms with Crippen molar-refractivity contribution in [3.8, 4) is 5.75 Å². The van der Waals surface area contributed by atoms with Crippen LogP contribution in [-0.2, 0) is 11.3 Å². The van der Waals surface area contributed by atoms with Gasteiger partial charge in [0.1, 0.15) is 11.6 Å². The van der Waals surface area contributed by atoms with Crippen LogP contribution in [0.25, 0.3) is 0 Å². The number of rotatable bonds is 9. The van der Waals surface area contributed by atoms with Gasteiger partial charge >= 0.3 is 0 Å². The summed E-state index contributed by atoms with van der Waals surface area (Å²) in [6.45, 7) is 9.03. The molecule has 1 atom stereocenters. The minimum atomic E-state index is -0.691. The van der Waals surface area contributed by atoms with Crippen molar-refractivity contribution in [2.45, 2.75) is 32.9 Å². The summed E-state index contributed by atoms with van der Waals surface area (Å²) in [6.07, 6.45) is 1.91. The van der Waals surface area contributed by atoms with E-state index in [1.54, 1.807) is 19.1 Å². The summed E-state index contributed by atoms with van der Waals surface area (Å²) in [5, 5.41) is 5.83. The lowest BCUT2D eigenvalue weighted by atomic mass is 10.2. The second kappa shape index (κ2) is 9.13. The summed E-state index contributed by atoms with van der Waals surface area (Å²) >= 11 is 0. The molecule has 0 aliphatic rings. The minimum Gasteiger partial charge on any atom is -0.481 e. The summed E-state index contributed by atoms with van der Waals surface area (Å²) < 4.78 is 19.1. The molecule has 0 heterocycles. The highest BCUT2D eigenvalue weighted by Crippen LogP contribution is 2.18. The summed E-state index contributed by atoms with van der Waals surface area (Å²) in [4.78, 5) is 11.7. The van der Waals surface area contributed by atoms with E-state index in [0.29, 0.717) is 18.8 Å². The van der Waals surface area contributed by atoms with Crippen molar-refractivity contribution in [2.24, 2.45) is 0 Å². The van der Waals surface area contributed by atoms with Crippen LogP contribution in [0.5, 0.6) is 5.75 Å². The molecule has 0 aliphatic carbocycles. The fourth-order valence-electron chi connectivity index (χ4n) is 1.77. The van der Waals surface area contributed by atoms with Crippen LogP contribution in [0.4, 0.5) is 4.39 Å². The van der Waals surface area contributed by atoms with Gasteiger partial charge < -0.3 is 15.4 Å². The number of hydrogen-bond acceptors (Lipinski definition) is 3. The number of hydrogen-bond donors (Lipinski definition) is 2. The SMILES string of the molecule is C=CCNC(=O)C(C)Oc1cc(F)cc(CNCCC)c1. The number of amides is 1. The molecule has 4 nitrogen and oxygen atoms in total. The highest BCUT2D eigenvalue weighted by molar-refractivity contribution is 5.80. The molecule has 1 amide bonds. The quantitative estimate of drug-likeness (QED) is 0.543. The number of ether oxygens (including phenoxy) is 1. The number of nitrogens with one attached hydrogen (secondary N) is 2. The first kappa shape index (κ1) is 17.2. The highest BCUT2D eigenvalue weighted by Gasteiger charge is 2.14. The molecule has 1 unspecified atom stereocenters. The van der Waals surface area contributed by atoms with E-state index in [-0.39, 0.29) is 11.7 Å². The number of benzene rings is 1. The van der Waals surface area contributed by atoms with Gasteiger partial charge in [0.15, 0.2) is 6.10 Å². The van der Waals surface area contributed by atoms with Crippen LogP contribution in [0.2, 0.25) is 0 Å². The van der Waals surface area contributed by atoms with Gasteiger partial charge in [-0.1, -0.05) is 13.0 Å². The predicted octanol–water partition coefficient (Wildman–Crippen LogP) is 2.39. The van der Waals surface area contributed by atoms with Crippen molar-refractivity contribution in [3.05, 3.63) is 42.2 Å². The van der Waals surface area contributed by atoms with Gasteiger partial charge in [-0.2, -0.15) is 0 Å². The molecule has 5 heteroatoms. The first-order valence-electron chi connectivity index (χ1n) is 7.12. The van der Waals surface area contributed by atoms with E-state index in [2.05, 4.69) is 24.1 Å². The maximum atomic E-state index is 13.6. The zero-order valence-electron chi connectivity index (χ0n) is 12.6. The zero-order valence-corrected chi connectivity index (χ0v) is 12.6. The molecule has 0 saturated heterocycles. The summed E-state index contributed by atoms with van der Waals surface area (Å²) in [5.74, 6) is -0.283. The maximum absolute atomic E-state index is 13.6. The molecule has 1 rings (SSSR count). The molecular weight excluding hydrogens is 271 g/mol. The average Bonchev–Trinajstić information content (AvgIpc) is 2.44. The smallest absolute Gasteiger partial charge is 0.261 e. The van der Waals surface area contributed by atoms with E-state index in [9.17, 15) is 9.18 Å². The van der Waals surface area contributed by atoms with E-state index < -0.39 is 6.10 Å². The van der Waals surface area contributed by atoms with Gasteiger partial charge in [-0.05, 0) is 37.6 Å². The van der Waals surface area contributed by atoms with Crippen molar-refractivity contribution in [2.75, 3.05) is 13.1 Å². The fraction of sp³-hybridized carbons (Fsp3) is 0.438. The average molecular weight is 294 g/mol. The van der Waals surface area contributed by atoms with Gasteiger partial charge in [-0.15, -0.1) is 6.58 Å². The second-order valence-electron chi connectivity index (χ2n) is 4.77. The van der Waals surface area contributed by atoms with Crippen LogP contribution in [0.3, 0.4) is 0 Å². The van der Waals surface area contributed by atoms with Crippen LogP contribution < -0.4 is 15.4 Å². The summed E-state index contributed by atoms with van der Waals surface area (Å²) in [7, 11) is 0. The Balaban J connectivity index is 2.65. The third-order valence-corrected chi connectivity index (χ3v) is 2.79. The Bertz CT molecular complexity index is 477. The molecule has 0 aliphatic heterocycles. The Morgan fingerprint density at radius 2 is 2.24 bits per heavy atom. The van der Waals surface area contributed by atoms with Gasteiger partial charge in [0.2, 0.25) is 0 Å². The molecule has 0 fully saturated rings. The van der Waals surface area contributed by atoms with Crippen LogP contribution in [0.15, 0.2) is 30.9 Å². The van der Waals surface area contributed by atoms with Crippen molar-refractivity contribution < 1.29 is 13.9 Å². The highest BCUT2D eigenvalue weighted by atomic mass is 19.1. The van der Waals surface area contributed by atoms with Gasteiger partial charge in [-0.3, -0.25) is 4.79 Å². The first-order valence-corrected chi connectivity index (χ1v) is 7.12. The lowest BCUT2D eigenvalue weighted by Gasteiger charge is -2.15. The molecule has 0 bridgehead atoms. The molecule has 0 radical (unpaired) electrons. The van der Waals surface area contributed by atoms with Crippen molar-refractivity contribution in [1.82, 2.24) is 10.6 Å². The normalized spacial score (nSPS) is 11.8. The predicted molar refractivity (Wildman–Crippen MR) is 81.7 cm³/mol. The lowest BCUT2D eigenvalue weighted by Crippen LogP contribution is -2.36. The Morgan fingerprint density at radius 1 is 1.48 bits per heavy atom. The van der Waals surface area contributed by atoms with Crippen molar-refractivity contribution >= 4 is 5.91 Å². The molecule has 2 N–H and O–H groups in total. The Morgan fingerprint density at radius 3 is 2.90 bits per heavy atom. The molecule has 1 aromatic carbocycles. The third kappa shape index (κ3) is 6.40. The Kier molecular flexibility index (Phi) is 7.46. The van der Waals surface area contributed by atoms with E-state index in [1.807, 2.05) is 0 Å². The zero-order chi connectivity index (χ0) is 15.7. The van der Waals surface area contributed by atoms with Gasteiger partial charge in [-0.25, -0.2) is 4.39 Å². The molecule has 21 heavy (non-hydrogen) atoms. The maximum Gasteiger partial charge on any atom is 0.261 e. The van der Waals surface area contributed by atoms with Crippen LogP contribution in [0.1, 0.15) is 25.8 Å². The van der Waals surface area contributed by atoms with E-state index in [4.69, 9.17) is 4.74 Å². The van der Waals surface area contributed by atoms with Gasteiger partial charge in [0, 0.05) is 19.2 Å². The molecular formula is C16H23FN2O2. The van der Waals surface area contributed by atoms with Crippen LogP contribution >= 0.6 is 0 Å². The van der Waals surface area contributed by atoms with Crippen molar-refractivity contribution in [1.29, 1.82) is 0 Å². The number of halogens is 1. The van der Waals surface area contributed by atoms with Crippen LogP contribution in [-0.4, -0.2) is 25.1 Å².